The summed E-state index contributed by atoms with van der Waals surface area (Å²) in [4.78, 5) is 27.8. The summed E-state index contributed by atoms with van der Waals surface area (Å²) in [6.45, 7) is 3.87. The van der Waals surface area contributed by atoms with E-state index >= 15 is 0 Å². The van der Waals surface area contributed by atoms with Crippen LogP contribution in [-0.4, -0.2) is 22.9 Å². The fourth-order valence-electron chi connectivity index (χ4n) is 2.77. The molecule has 1 saturated heterocycles. The zero-order valence-electron chi connectivity index (χ0n) is 13.0. The van der Waals surface area contributed by atoms with Gasteiger partial charge in [-0.1, -0.05) is 24.3 Å². The van der Waals surface area contributed by atoms with Gasteiger partial charge in [0.05, 0.1) is 6.54 Å². The van der Waals surface area contributed by atoms with Crippen LogP contribution in [0.1, 0.15) is 18.1 Å². The monoisotopic (exact) mass is 312 g/mol. The molecule has 1 fully saturated rings. The Bertz CT molecular complexity index is 758. The minimum atomic E-state index is -0.600. The molecule has 1 atom stereocenters. The maximum Gasteiger partial charge on any atom is 0.332 e. The van der Waals surface area contributed by atoms with Crippen molar-refractivity contribution in [3.63, 3.8) is 0 Å². The van der Waals surface area contributed by atoms with Gasteiger partial charge in [0.1, 0.15) is 11.9 Å². The Labute approximate surface area is 134 Å². The van der Waals surface area contributed by atoms with Gasteiger partial charge >= 0.3 is 6.03 Å². The highest BCUT2D eigenvalue weighted by Gasteiger charge is 2.43. The molecule has 5 heteroatoms. The number of nitrogens with zero attached hydrogens (tertiary/aromatic N) is 2. The largest absolute Gasteiger partial charge is 0.332 e. The molecule has 1 heterocycles. The quantitative estimate of drug-likeness (QED) is 0.814. The maximum absolute atomic E-state index is 13.1. The van der Waals surface area contributed by atoms with Gasteiger partial charge in [0.25, 0.3) is 5.91 Å². The van der Waals surface area contributed by atoms with Crippen molar-refractivity contribution in [3.8, 4) is 0 Å². The van der Waals surface area contributed by atoms with Crippen molar-refractivity contribution in [3.05, 3.63) is 65.5 Å². The number of carbonyl (C=O) groups is 2. The highest BCUT2D eigenvalue weighted by molar-refractivity contribution is 6.13. The number of anilines is 1. The lowest BCUT2D eigenvalue weighted by Gasteiger charge is -2.19. The summed E-state index contributed by atoms with van der Waals surface area (Å²) in [6.07, 6.45) is 0. The van der Waals surface area contributed by atoms with Crippen LogP contribution in [0.4, 0.5) is 14.9 Å². The van der Waals surface area contributed by atoms with Crippen LogP contribution in [0.2, 0.25) is 0 Å². The molecule has 0 radical (unpaired) electrons. The second-order valence-corrected chi connectivity index (χ2v) is 5.66. The molecule has 0 unspecified atom stereocenters. The molecule has 3 amide bonds. The predicted molar refractivity (Wildman–Crippen MR) is 85.5 cm³/mol. The smallest absolute Gasteiger partial charge is 0.282 e. The van der Waals surface area contributed by atoms with Crippen LogP contribution in [0.5, 0.6) is 0 Å². The molecule has 2 aromatic carbocycles. The first-order chi connectivity index (χ1) is 11.0. The van der Waals surface area contributed by atoms with E-state index in [0.29, 0.717) is 5.69 Å². The van der Waals surface area contributed by atoms with Gasteiger partial charge in [0.2, 0.25) is 0 Å². The van der Waals surface area contributed by atoms with Crippen LogP contribution < -0.4 is 4.90 Å². The number of carbonyl (C=O) groups excluding carboxylic acids is 2. The summed E-state index contributed by atoms with van der Waals surface area (Å²) < 4.78 is 13.1. The van der Waals surface area contributed by atoms with Crippen molar-refractivity contribution in [2.24, 2.45) is 0 Å². The Kier molecular flexibility index (Phi) is 3.86. The molecule has 4 nitrogen and oxygen atoms in total. The van der Waals surface area contributed by atoms with Gasteiger partial charge in [0.15, 0.2) is 0 Å². The first kappa shape index (κ1) is 15.2. The number of rotatable bonds is 3. The third kappa shape index (κ3) is 2.70. The summed E-state index contributed by atoms with van der Waals surface area (Å²) in [6, 6.07) is 12.3. The van der Waals surface area contributed by atoms with E-state index in [0.717, 1.165) is 11.1 Å². The Morgan fingerprint density at radius 3 is 2.35 bits per heavy atom. The van der Waals surface area contributed by atoms with E-state index in [4.69, 9.17) is 0 Å². The van der Waals surface area contributed by atoms with E-state index < -0.39 is 6.04 Å². The average molecular weight is 312 g/mol. The van der Waals surface area contributed by atoms with Gasteiger partial charge in [-0.25, -0.2) is 9.18 Å². The van der Waals surface area contributed by atoms with Gasteiger partial charge in [-0.15, -0.1) is 0 Å². The SMILES string of the molecule is Cc1ccccc1CN1C(=O)[C@@H](C)N(c2ccc(F)cc2)C1=O. The van der Waals surface area contributed by atoms with Crippen molar-refractivity contribution >= 4 is 17.6 Å². The summed E-state index contributed by atoms with van der Waals surface area (Å²) in [5.74, 6) is -0.626. The van der Waals surface area contributed by atoms with Crippen LogP contribution in [0.3, 0.4) is 0 Å². The highest BCUT2D eigenvalue weighted by atomic mass is 19.1. The molecule has 118 valence electrons. The van der Waals surface area contributed by atoms with Crippen LogP contribution >= 0.6 is 0 Å². The van der Waals surface area contributed by atoms with E-state index in [1.54, 1.807) is 6.92 Å². The molecule has 0 spiro atoms. The first-order valence-electron chi connectivity index (χ1n) is 7.43. The van der Waals surface area contributed by atoms with Crippen molar-refractivity contribution in [2.45, 2.75) is 26.4 Å². The van der Waals surface area contributed by atoms with Crippen LogP contribution in [-0.2, 0) is 11.3 Å². The Balaban J connectivity index is 1.89. The van der Waals surface area contributed by atoms with Gasteiger partial charge in [-0.05, 0) is 49.2 Å². The average Bonchev–Trinajstić information content (AvgIpc) is 2.74. The third-order valence-electron chi connectivity index (χ3n) is 4.14. The summed E-state index contributed by atoms with van der Waals surface area (Å²) in [7, 11) is 0. The van der Waals surface area contributed by atoms with Gasteiger partial charge in [-0.3, -0.25) is 14.6 Å². The molecule has 2 aromatic rings. The number of benzene rings is 2. The Hall–Kier alpha value is -2.69. The molecule has 0 aliphatic carbocycles. The van der Waals surface area contributed by atoms with E-state index in [-0.39, 0.29) is 24.3 Å². The van der Waals surface area contributed by atoms with Crippen molar-refractivity contribution in [1.29, 1.82) is 0 Å². The number of hydrogen-bond acceptors (Lipinski definition) is 2. The number of hydrogen-bond donors (Lipinski definition) is 0. The molecule has 1 aliphatic rings. The lowest BCUT2D eigenvalue weighted by Crippen LogP contribution is -2.33. The highest BCUT2D eigenvalue weighted by Crippen LogP contribution is 2.27. The van der Waals surface area contributed by atoms with E-state index in [2.05, 4.69) is 0 Å². The second kappa shape index (κ2) is 5.83. The lowest BCUT2D eigenvalue weighted by atomic mass is 10.1. The number of imide groups is 1. The van der Waals surface area contributed by atoms with E-state index in [9.17, 15) is 14.0 Å². The zero-order chi connectivity index (χ0) is 16.6. The molecule has 0 aromatic heterocycles. The van der Waals surface area contributed by atoms with Crippen molar-refractivity contribution in [1.82, 2.24) is 4.90 Å². The van der Waals surface area contributed by atoms with Crippen molar-refractivity contribution in [2.75, 3.05) is 4.90 Å². The van der Waals surface area contributed by atoms with Crippen molar-refractivity contribution < 1.29 is 14.0 Å². The number of halogens is 1. The van der Waals surface area contributed by atoms with Crippen LogP contribution in [0.15, 0.2) is 48.5 Å². The predicted octanol–water partition coefficient (Wildman–Crippen LogP) is 3.49. The second-order valence-electron chi connectivity index (χ2n) is 5.66. The summed E-state index contributed by atoms with van der Waals surface area (Å²) >= 11 is 0. The topological polar surface area (TPSA) is 40.6 Å². The molecular formula is C18H17FN2O2. The van der Waals surface area contributed by atoms with Gasteiger partial charge < -0.3 is 0 Å². The van der Waals surface area contributed by atoms with Gasteiger partial charge in [0, 0.05) is 5.69 Å². The number of amides is 3. The number of aryl methyl sites for hydroxylation is 1. The number of urea groups is 1. The Morgan fingerprint density at radius 2 is 1.70 bits per heavy atom. The minimum Gasteiger partial charge on any atom is -0.282 e. The standard InChI is InChI=1S/C18H17FN2O2/c1-12-5-3-4-6-14(12)11-20-17(22)13(2)21(18(20)23)16-9-7-15(19)8-10-16/h3-10,13H,11H2,1-2H3/t13-/m1/s1. The fraction of sp³-hybridized carbons (Fsp3) is 0.222. The molecule has 0 bridgehead atoms. The van der Waals surface area contributed by atoms with E-state index in [1.165, 1.54) is 34.1 Å². The summed E-state index contributed by atoms with van der Waals surface area (Å²) in [5.41, 5.74) is 2.48. The molecule has 1 aliphatic heterocycles. The zero-order valence-corrected chi connectivity index (χ0v) is 13.0. The lowest BCUT2D eigenvalue weighted by molar-refractivity contribution is -0.127. The van der Waals surface area contributed by atoms with Crippen LogP contribution in [0.25, 0.3) is 0 Å². The Morgan fingerprint density at radius 1 is 1.04 bits per heavy atom. The molecule has 23 heavy (non-hydrogen) atoms. The molecule has 3 rings (SSSR count). The normalized spacial score (nSPS) is 18.0. The first-order valence-corrected chi connectivity index (χ1v) is 7.43. The fourth-order valence-corrected chi connectivity index (χ4v) is 2.77. The van der Waals surface area contributed by atoms with Crippen LogP contribution in [0, 0.1) is 12.7 Å². The summed E-state index contributed by atoms with van der Waals surface area (Å²) in [5, 5.41) is 0. The van der Waals surface area contributed by atoms with Gasteiger partial charge in [-0.2, -0.15) is 0 Å². The van der Waals surface area contributed by atoms with E-state index in [1.807, 2.05) is 31.2 Å². The molecule has 0 N–H and O–H groups in total. The molecule has 0 saturated carbocycles. The third-order valence-corrected chi connectivity index (χ3v) is 4.14. The molecular weight excluding hydrogens is 295 g/mol. The maximum atomic E-state index is 13.1. The minimum absolute atomic E-state index is 0.242.